The third kappa shape index (κ3) is 5.67. The molecule has 0 saturated carbocycles. The molecule has 18 heavy (non-hydrogen) atoms. The summed E-state index contributed by atoms with van der Waals surface area (Å²) in [5, 5.41) is 14.2. The van der Waals surface area contributed by atoms with Crippen molar-refractivity contribution < 1.29 is 5.11 Å². The zero-order valence-electron chi connectivity index (χ0n) is 11.9. The molecule has 1 rings (SSSR count). The zero-order chi connectivity index (χ0) is 13.2. The van der Waals surface area contributed by atoms with Gasteiger partial charge in [-0.2, -0.15) is 5.10 Å². The van der Waals surface area contributed by atoms with Gasteiger partial charge in [0.15, 0.2) is 0 Å². The predicted molar refractivity (Wildman–Crippen MR) is 75.5 cm³/mol. The highest BCUT2D eigenvalue weighted by Crippen LogP contribution is 2.19. The Labute approximate surface area is 111 Å². The average Bonchev–Trinajstić information content (AvgIpc) is 2.86. The van der Waals surface area contributed by atoms with Crippen molar-refractivity contribution in [3.8, 4) is 0 Å². The first-order valence-corrected chi connectivity index (χ1v) is 7.48. The molecule has 0 aromatic carbocycles. The van der Waals surface area contributed by atoms with E-state index in [9.17, 15) is 5.11 Å². The van der Waals surface area contributed by atoms with Crippen LogP contribution in [-0.2, 0) is 6.54 Å². The van der Waals surface area contributed by atoms with Crippen LogP contribution in [0.3, 0.4) is 0 Å². The topological polar surface area (TPSA) is 38.1 Å². The molecule has 3 heteroatoms. The van der Waals surface area contributed by atoms with Crippen molar-refractivity contribution in [1.82, 2.24) is 9.78 Å². The molecule has 0 aliphatic heterocycles. The number of rotatable bonds is 10. The summed E-state index contributed by atoms with van der Waals surface area (Å²) in [6.07, 6.45) is 13.3. The molecule has 0 amide bonds. The molecule has 3 nitrogen and oxygen atoms in total. The predicted octanol–water partition coefficient (Wildman–Crippen LogP) is 4.08. The first kappa shape index (κ1) is 15.2. The second-order valence-electron chi connectivity index (χ2n) is 5.06. The Morgan fingerprint density at radius 2 is 1.78 bits per heavy atom. The van der Waals surface area contributed by atoms with E-state index in [0.29, 0.717) is 0 Å². The van der Waals surface area contributed by atoms with Crippen molar-refractivity contribution in [2.24, 2.45) is 0 Å². The highest BCUT2D eigenvalue weighted by atomic mass is 16.3. The maximum atomic E-state index is 10.0. The molecular weight excluding hydrogens is 224 g/mol. The minimum atomic E-state index is -0.332. The molecule has 0 aliphatic rings. The fourth-order valence-electron chi connectivity index (χ4n) is 2.19. The van der Waals surface area contributed by atoms with Crippen LogP contribution in [0.15, 0.2) is 12.4 Å². The van der Waals surface area contributed by atoms with Gasteiger partial charge in [-0.05, 0) is 13.3 Å². The van der Waals surface area contributed by atoms with Crippen molar-refractivity contribution in [1.29, 1.82) is 0 Å². The third-order valence-corrected chi connectivity index (χ3v) is 3.44. The summed E-state index contributed by atoms with van der Waals surface area (Å²) in [6, 6.07) is 0. The van der Waals surface area contributed by atoms with Gasteiger partial charge in [0.2, 0.25) is 0 Å². The quantitative estimate of drug-likeness (QED) is 0.637. The van der Waals surface area contributed by atoms with Gasteiger partial charge in [0.25, 0.3) is 0 Å². The van der Waals surface area contributed by atoms with E-state index in [0.717, 1.165) is 24.9 Å². The van der Waals surface area contributed by atoms with Gasteiger partial charge in [-0.15, -0.1) is 0 Å². The van der Waals surface area contributed by atoms with Crippen LogP contribution in [0.1, 0.15) is 76.9 Å². The maximum Gasteiger partial charge on any atom is 0.0820 e. The lowest BCUT2D eigenvalue weighted by molar-refractivity contribution is 0.163. The fraction of sp³-hybridized carbons (Fsp3) is 0.800. The molecule has 1 aromatic rings. The van der Waals surface area contributed by atoms with Gasteiger partial charge in [-0.25, -0.2) is 0 Å². The van der Waals surface area contributed by atoms with E-state index < -0.39 is 0 Å². The number of hydrogen-bond acceptors (Lipinski definition) is 2. The summed E-state index contributed by atoms with van der Waals surface area (Å²) >= 11 is 0. The minimum absolute atomic E-state index is 0.332. The molecule has 1 unspecified atom stereocenters. The SMILES string of the molecule is CCCCCCCCCC(O)c1cnn(CC)c1. The van der Waals surface area contributed by atoms with Gasteiger partial charge in [0, 0.05) is 18.3 Å². The van der Waals surface area contributed by atoms with Gasteiger partial charge in [0.05, 0.1) is 12.3 Å². The molecule has 1 heterocycles. The number of nitrogens with zero attached hydrogens (tertiary/aromatic N) is 2. The van der Waals surface area contributed by atoms with Crippen LogP contribution in [0.4, 0.5) is 0 Å². The Morgan fingerprint density at radius 1 is 1.11 bits per heavy atom. The Morgan fingerprint density at radius 3 is 2.39 bits per heavy atom. The van der Waals surface area contributed by atoms with Crippen LogP contribution in [0.5, 0.6) is 0 Å². The molecule has 0 spiro atoms. The van der Waals surface area contributed by atoms with Crippen molar-refractivity contribution in [3.63, 3.8) is 0 Å². The molecule has 0 bridgehead atoms. The van der Waals surface area contributed by atoms with Gasteiger partial charge >= 0.3 is 0 Å². The van der Waals surface area contributed by atoms with E-state index >= 15 is 0 Å². The van der Waals surface area contributed by atoms with Crippen molar-refractivity contribution in [2.45, 2.75) is 77.9 Å². The lowest BCUT2D eigenvalue weighted by atomic mass is 10.0. The lowest BCUT2D eigenvalue weighted by Gasteiger charge is -2.07. The number of aliphatic hydroxyl groups excluding tert-OH is 1. The number of unbranched alkanes of at least 4 members (excludes halogenated alkanes) is 6. The molecule has 1 atom stereocenters. The van der Waals surface area contributed by atoms with Crippen molar-refractivity contribution >= 4 is 0 Å². The van der Waals surface area contributed by atoms with Crippen molar-refractivity contribution in [3.05, 3.63) is 18.0 Å². The van der Waals surface area contributed by atoms with Crippen LogP contribution >= 0.6 is 0 Å². The van der Waals surface area contributed by atoms with Gasteiger partial charge < -0.3 is 5.11 Å². The minimum Gasteiger partial charge on any atom is -0.388 e. The molecule has 0 saturated heterocycles. The van der Waals surface area contributed by atoms with E-state index in [1.165, 1.54) is 38.5 Å². The van der Waals surface area contributed by atoms with Gasteiger partial charge in [-0.1, -0.05) is 51.9 Å². The summed E-state index contributed by atoms with van der Waals surface area (Å²) in [5.41, 5.74) is 0.961. The van der Waals surface area contributed by atoms with Crippen molar-refractivity contribution in [2.75, 3.05) is 0 Å². The number of aryl methyl sites for hydroxylation is 1. The second-order valence-corrected chi connectivity index (χ2v) is 5.06. The summed E-state index contributed by atoms with van der Waals surface area (Å²) in [7, 11) is 0. The Kier molecular flexibility index (Phi) is 7.74. The normalized spacial score (nSPS) is 12.8. The fourth-order valence-corrected chi connectivity index (χ4v) is 2.19. The van der Waals surface area contributed by atoms with E-state index in [1.54, 1.807) is 6.20 Å². The smallest absolute Gasteiger partial charge is 0.0820 e. The highest BCUT2D eigenvalue weighted by molar-refractivity contribution is 5.07. The summed E-state index contributed by atoms with van der Waals surface area (Å²) < 4.78 is 1.86. The van der Waals surface area contributed by atoms with Crippen LogP contribution in [-0.4, -0.2) is 14.9 Å². The average molecular weight is 252 g/mol. The van der Waals surface area contributed by atoms with Gasteiger partial charge in [0.1, 0.15) is 0 Å². The Bertz CT molecular complexity index is 309. The number of aromatic nitrogens is 2. The molecule has 1 N–H and O–H groups in total. The largest absolute Gasteiger partial charge is 0.388 e. The second kappa shape index (κ2) is 9.15. The first-order valence-electron chi connectivity index (χ1n) is 7.48. The maximum absolute atomic E-state index is 10.0. The standard InChI is InChI=1S/C15H28N2O/c1-3-5-6-7-8-9-10-11-15(18)14-12-16-17(4-2)13-14/h12-13,15,18H,3-11H2,1-2H3. The molecule has 1 aromatic heterocycles. The molecule has 0 fully saturated rings. The van der Waals surface area contributed by atoms with Crippen LogP contribution in [0, 0.1) is 0 Å². The molecular formula is C15H28N2O. The summed E-state index contributed by atoms with van der Waals surface area (Å²) in [5.74, 6) is 0. The van der Waals surface area contributed by atoms with E-state index in [4.69, 9.17) is 0 Å². The monoisotopic (exact) mass is 252 g/mol. The van der Waals surface area contributed by atoms with Crippen LogP contribution in [0.25, 0.3) is 0 Å². The summed E-state index contributed by atoms with van der Waals surface area (Å²) in [6.45, 7) is 5.16. The molecule has 0 aliphatic carbocycles. The Balaban J connectivity index is 2.08. The van der Waals surface area contributed by atoms with Crippen LogP contribution < -0.4 is 0 Å². The highest BCUT2D eigenvalue weighted by Gasteiger charge is 2.09. The van der Waals surface area contributed by atoms with E-state index in [1.807, 2.05) is 10.9 Å². The molecule has 104 valence electrons. The molecule has 0 radical (unpaired) electrons. The first-order chi connectivity index (χ1) is 8.77. The Hall–Kier alpha value is -0.830. The van der Waals surface area contributed by atoms with Gasteiger partial charge in [-0.3, -0.25) is 4.68 Å². The van der Waals surface area contributed by atoms with E-state index in [-0.39, 0.29) is 6.10 Å². The third-order valence-electron chi connectivity index (χ3n) is 3.44. The summed E-state index contributed by atoms with van der Waals surface area (Å²) in [4.78, 5) is 0. The number of hydrogen-bond donors (Lipinski definition) is 1. The van der Waals surface area contributed by atoms with Crippen LogP contribution in [0.2, 0.25) is 0 Å². The lowest BCUT2D eigenvalue weighted by Crippen LogP contribution is -1.97. The van der Waals surface area contributed by atoms with E-state index in [2.05, 4.69) is 18.9 Å². The number of aliphatic hydroxyl groups is 1. The zero-order valence-corrected chi connectivity index (χ0v) is 11.9.